The zero-order valence-electron chi connectivity index (χ0n) is 20.5. The van der Waals surface area contributed by atoms with Crippen LogP contribution in [0, 0.1) is 12.7 Å². The molecule has 0 spiro atoms. The van der Waals surface area contributed by atoms with Gasteiger partial charge in [-0.2, -0.15) is 0 Å². The van der Waals surface area contributed by atoms with E-state index in [1.54, 1.807) is 13.8 Å². The number of nitrogens with one attached hydrogen (secondary N) is 1. The Balaban J connectivity index is 1.71. The van der Waals surface area contributed by atoms with Gasteiger partial charge in [0.05, 0.1) is 19.7 Å². The number of rotatable bonds is 9. The quantitative estimate of drug-likeness (QED) is 0.471. The molecule has 2 amide bonds. The number of carboxylic acid groups (broad SMARTS) is 1. The number of hydrogen-bond acceptors (Lipinski definition) is 9. The van der Waals surface area contributed by atoms with E-state index in [2.05, 4.69) is 15.3 Å². The summed E-state index contributed by atoms with van der Waals surface area (Å²) in [6.07, 6.45) is -1.31. The molecule has 0 radical (unpaired) electrons. The van der Waals surface area contributed by atoms with E-state index in [9.17, 15) is 23.6 Å². The molecule has 1 atom stereocenters. The number of aliphatic carboxylic acids is 1. The van der Waals surface area contributed by atoms with Crippen LogP contribution in [-0.2, 0) is 19.2 Å². The number of amides is 2. The Kier molecular flexibility index (Phi) is 9.44. The van der Waals surface area contributed by atoms with Gasteiger partial charge in [0, 0.05) is 30.8 Å². The molecule has 3 rings (SSSR count). The number of carboxylic acids is 1. The van der Waals surface area contributed by atoms with Crippen LogP contribution in [0.3, 0.4) is 0 Å². The molecule has 198 valence electrons. The summed E-state index contributed by atoms with van der Waals surface area (Å²) in [6.45, 7) is 4.30. The van der Waals surface area contributed by atoms with Crippen molar-refractivity contribution in [1.29, 1.82) is 0 Å². The maximum absolute atomic E-state index is 13.3. The van der Waals surface area contributed by atoms with Crippen molar-refractivity contribution in [3.05, 3.63) is 47.5 Å². The lowest BCUT2D eigenvalue weighted by Gasteiger charge is -2.35. The minimum Gasteiger partial charge on any atom is -0.481 e. The lowest BCUT2D eigenvalue weighted by atomic mass is 10.1. The Morgan fingerprint density at radius 2 is 1.78 bits per heavy atom. The second kappa shape index (κ2) is 12.7. The standard InChI is InChI=1S/C24H28FN5O7/c1-3-36-24(35)37-30-12-10-29(11-13-30)23(34)18(8-9-20(31)32)28-22(33)19-14-15(2)26-21(27-19)16-4-6-17(25)7-5-16/h4-7,14,18H,3,8-13H2,1-2H3,(H,28,33)(H,31,32)/t18-/m0/s1. The molecular weight excluding hydrogens is 489 g/mol. The van der Waals surface area contributed by atoms with Gasteiger partial charge < -0.3 is 24.9 Å². The van der Waals surface area contributed by atoms with Crippen molar-refractivity contribution < 1.29 is 38.2 Å². The van der Waals surface area contributed by atoms with E-state index in [1.165, 1.54) is 40.3 Å². The summed E-state index contributed by atoms with van der Waals surface area (Å²) in [5, 5.41) is 13.1. The highest BCUT2D eigenvalue weighted by Crippen LogP contribution is 2.17. The molecule has 2 N–H and O–H groups in total. The third-order valence-electron chi connectivity index (χ3n) is 5.46. The van der Waals surface area contributed by atoms with Crippen LogP contribution in [0.4, 0.5) is 9.18 Å². The van der Waals surface area contributed by atoms with E-state index in [0.29, 0.717) is 11.3 Å². The normalized spacial score (nSPS) is 14.5. The van der Waals surface area contributed by atoms with Crippen LogP contribution in [0.2, 0.25) is 0 Å². The molecule has 0 bridgehead atoms. The first-order valence-corrected chi connectivity index (χ1v) is 11.7. The molecule has 1 aromatic carbocycles. The number of ether oxygens (including phenoxy) is 1. The second-order valence-corrected chi connectivity index (χ2v) is 8.21. The number of halogens is 1. The predicted molar refractivity (Wildman–Crippen MR) is 127 cm³/mol. The smallest absolute Gasteiger partial charge is 0.481 e. The summed E-state index contributed by atoms with van der Waals surface area (Å²) in [7, 11) is 0. The van der Waals surface area contributed by atoms with Gasteiger partial charge in [-0.1, -0.05) is 0 Å². The molecular formula is C24H28FN5O7. The Morgan fingerprint density at radius 1 is 1.11 bits per heavy atom. The molecule has 13 heteroatoms. The highest BCUT2D eigenvalue weighted by molar-refractivity contribution is 5.96. The SMILES string of the molecule is CCOC(=O)ON1CCN(C(=O)[C@H](CCC(=O)O)NC(=O)c2cc(C)nc(-c3ccc(F)cc3)n2)CC1. The highest BCUT2D eigenvalue weighted by Gasteiger charge is 2.31. The Bertz CT molecular complexity index is 1140. The molecule has 37 heavy (non-hydrogen) atoms. The molecule has 1 fully saturated rings. The van der Waals surface area contributed by atoms with Crippen LogP contribution >= 0.6 is 0 Å². The van der Waals surface area contributed by atoms with Gasteiger partial charge in [-0.25, -0.2) is 19.2 Å². The fourth-order valence-electron chi connectivity index (χ4n) is 3.64. The van der Waals surface area contributed by atoms with Crippen molar-refractivity contribution in [2.24, 2.45) is 0 Å². The number of hydrogen-bond donors (Lipinski definition) is 2. The van der Waals surface area contributed by atoms with Crippen LogP contribution in [0.25, 0.3) is 11.4 Å². The number of aromatic nitrogens is 2. The maximum atomic E-state index is 13.3. The van der Waals surface area contributed by atoms with Gasteiger partial charge in [-0.15, -0.1) is 5.06 Å². The van der Waals surface area contributed by atoms with E-state index in [-0.39, 0.29) is 57.1 Å². The Hall–Kier alpha value is -4.13. The lowest BCUT2D eigenvalue weighted by molar-refractivity contribution is -0.157. The minimum atomic E-state index is -1.12. The second-order valence-electron chi connectivity index (χ2n) is 8.21. The van der Waals surface area contributed by atoms with Gasteiger partial charge in [0.1, 0.15) is 17.6 Å². The summed E-state index contributed by atoms with van der Waals surface area (Å²) >= 11 is 0. The van der Waals surface area contributed by atoms with E-state index in [4.69, 9.17) is 14.7 Å². The first-order chi connectivity index (χ1) is 17.7. The number of carbonyl (C=O) groups is 4. The van der Waals surface area contributed by atoms with Crippen molar-refractivity contribution in [3.8, 4) is 11.4 Å². The Labute approximate surface area is 212 Å². The van der Waals surface area contributed by atoms with Gasteiger partial charge in [0.15, 0.2) is 5.82 Å². The van der Waals surface area contributed by atoms with Crippen LogP contribution in [0.5, 0.6) is 0 Å². The highest BCUT2D eigenvalue weighted by atomic mass is 19.1. The van der Waals surface area contributed by atoms with Gasteiger partial charge in [0.2, 0.25) is 5.91 Å². The fourth-order valence-corrected chi connectivity index (χ4v) is 3.64. The first-order valence-electron chi connectivity index (χ1n) is 11.7. The molecule has 12 nitrogen and oxygen atoms in total. The van der Waals surface area contributed by atoms with Gasteiger partial charge in [-0.3, -0.25) is 14.4 Å². The number of hydroxylamine groups is 2. The molecule has 2 aromatic rings. The van der Waals surface area contributed by atoms with Gasteiger partial charge >= 0.3 is 12.1 Å². The minimum absolute atomic E-state index is 0.0207. The third kappa shape index (κ3) is 7.93. The lowest BCUT2D eigenvalue weighted by Crippen LogP contribution is -2.55. The van der Waals surface area contributed by atoms with Crippen molar-refractivity contribution in [2.45, 2.75) is 32.7 Å². The van der Waals surface area contributed by atoms with Crippen LogP contribution < -0.4 is 5.32 Å². The van der Waals surface area contributed by atoms with Crippen LogP contribution in [0.15, 0.2) is 30.3 Å². The molecule has 1 aliphatic rings. The van der Waals surface area contributed by atoms with Crippen molar-refractivity contribution in [2.75, 3.05) is 32.8 Å². The summed E-state index contributed by atoms with van der Waals surface area (Å²) < 4.78 is 18.0. The van der Waals surface area contributed by atoms with E-state index in [0.717, 1.165) is 0 Å². The number of aryl methyl sites for hydroxylation is 1. The van der Waals surface area contributed by atoms with Crippen LogP contribution in [-0.4, -0.2) is 87.8 Å². The molecule has 2 heterocycles. The van der Waals surface area contributed by atoms with E-state index < -0.39 is 35.8 Å². The molecule has 1 aromatic heterocycles. The van der Waals surface area contributed by atoms with E-state index >= 15 is 0 Å². The molecule has 0 aliphatic carbocycles. The number of carbonyl (C=O) groups excluding carboxylic acids is 3. The van der Waals surface area contributed by atoms with Gasteiger partial charge in [0.25, 0.3) is 5.91 Å². The molecule has 0 unspecified atom stereocenters. The van der Waals surface area contributed by atoms with Crippen molar-refractivity contribution in [3.63, 3.8) is 0 Å². The zero-order chi connectivity index (χ0) is 26.9. The molecule has 0 saturated carbocycles. The zero-order valence-corrected chi connectivity index (χ0v) is 20.5. The number of piperazine rings is 1. The van der Waals surface area contributed by atoms with Gasteiger partial charge in [-0.05, 0) is 50.6 Å². The summed E-state index contributed by atoms with van der Waals surface area (Å²) in [4.78, 5) is 64.0. The molecule has 1 saturated heterocycles. The average Bonchev–Trinajstić information content (AvgIpc) is 2.86. The summed E-state index contributed by atoms with van der Waals surface area (Å²) in [5.74, 6) is -2.48. The third-order valence-corrected chi connectivity index (χ3v) is 5.46. The monoisotopic (exact) mass is 517 g/mol. The van der Waals surface area contributed by atoms with Crippen molar-refractivity contribution >= 4 is 23.9 Å². The fraction of sp³-hybridized carbons (Fsp3) is 0.417. The predicted octanol–water partition coefficient (Wildman–Crippen LogP) is 1.79. The summed E-state index contributed by atoms with van der Waals surface area (Å²) in [5.41, 5.74) is 0.957. The maximum Gasteiger partial charge on any atom is 0.527 e. The number of nitrogens with zero attached hydrogens (tertiary/aromatic N) is 4. The van der Waals surface area contributed by atoms with E-state index in [1.807, 2.05) is 0 Å². The first kappa shape index (κ1) is 27.5. The summed E-state index contributed by atoms with van der Waals surface area (Å²) in [6, 6.07) is 5.78. The van der Waals surface area contributed by atoms with Crippen molar-refractivity contribution in [1.82, 2.24) is 25.2 Å². The topological polar surface area (TPSA) is 151 Å². The van der Waals surface area contributed by atoms with Crippen LogP contribution in [0.1, 0.15) is 35.9 Å². The Morgan fingerprint density at radius 3 is 2.41 bits per heavy atom. The molecule has 1 aliphatic heterocycles. The average molecular weight is 518 g/mol. The number of benzene rings is 1. The largest absolute Gasteiger partial charge is 0.527 e.